The summed E-state index contributed by atoms with van der Waals surface area (Å²) in [5.74, 6) is 0.832. The van der Waals surface area contributed by atoms with E-state index in [9.17, 15) is 4.79 Å². The average molecular weight is 347 g/mol. The standard InChI is InChI=1S/C22H34O3/c1-14(2)16-13-18-21(25-24-18)20(19(16)15(3)4)17(23)11-9-8-10-12-22(5,6)7/h13-15H,8-12H2,1-7H3. The van der Waals surface area contributed by atoms with Crippen molar-refractivity contribution in [2.24, 2.45) is 5.41 Å². The van der Waals surface area contributed by atoms with Gasteiger partial charge in [0.2, 0.25) is 11.2 Å². The highest BCUT2D eigenvalue weighted by Crippen LogP contribution is 2.37. The van der Waals surface area contributed by atoms with Crippen LogP contribution in [0.15, 0.2) is 15.2 Å². The molecule has 0 unspecified atom stereocenters. The fourth-order valence-corrected chi connectivity index (χ4v) is 3.49. The van der Waals surface area contributed by atoms with Gasteiger partial charge in [-0.1, -0.05) is 61.3 Å². The molecule has 0 N–H and O–H groups in total. The lowest BCUT2D eigenvalue weighted by Gasteiger charge is -2.21. The molecule has 2 aromatic rings. The molecule has 0 bridgehead atoms. The molecule has 0 atom stereocenters. The van der Waals surface area contributed by atoms with Crippen molar-refractivity contribution in [1.29, 1.82) is 0 Å². The van der Waals surface area contributed by atoms with E-state index in [4.69, 9.17) is 9.15 Å². The maximum atomic E-state index is 13.0. The van der Waals surface area contributed by atoms with Crippen molar-refractivity contribution in [3.8, 4) is 0 Å². The molecule has 3 nitrogen and oxygen atoms in total. The normalized spacial score (nSPS) is 12.7. The zero-order valence-corrected chi connectivity index (χ0v) is 17.0. The Bertz CT molecular complexity index is 708. The Morgan fingerprint density at radius 2 is 1.68 bits per heavy atom. The maximum Gasteiger partial charge on any atom is 0.236 e. The molecule has 2 rings (SSSR count). The minimum atomic E-state index is 0.196. The highest BCUT2D eigenvalue weighted by atomic mass is 17.0. The smallest absolute Gasteiger partial charge is 0.236 e. The summed E-state index contributed by atoms with van der Waals surface area (Å²) in [7, 11) is 0. The third-order valence-corrected chi connectivity index (χ3v) is 4.84. The van der Waals surface area contributed by atoms with Gasteiger partial charge in [0.1, 0.15) is 0 Å². The molecule has 25 heavy (non-hydrogen) atoms. The van der Waals surface area contributed by atoms with Gasteiger partial charge in [0.05, 0.1) is 5.56 Å². The summed E-state index contributed by atoms with van der Waals surface area (Å²) in [6.07, 6.45) is 5.00. The monoisotopic (exact) mass is 346 g/mol. The molecule has 140 valence electrons. The van der Waals surface area contributed by atoms with E-state index < -0.39 is 0 Å². The van der Waals surface area contributed by atoms with E-state index in [1.54, 1.807) is 0 Å². The second-order valence-corrected chi connectivity index (χ2v) is 9.10. The van der Waals surface area contributed by atoms with E-state index in [0.29, 0.717) is 28.9 Å². The number of fused-ring (bicyclic) bond motifs is 1. The lowest BCUT2D eigenvalue weighted by atomic mass is 9.84. The van der Waals surface area contributed by atoms with Crippen molar-refractivity contribution in [1.82, 2.24) is 0 Å². The third kappa shape index (κ3) is 4.77. The second kappa shape index (κ2) is 7.80. The molecule has 1 aromatic carbocycles. The average Bonchev–Trinajstić information content (AvgIpc) is 2.45. The summed E-state index contributed by atoms with van der Waals surface area (Å²) < 4.78 is 10.3. The zero-order chi connectivity index (χ0) is 18.8. The van der Waals surface area contributed by atoms with E-state index in [1.165, 1.54) is 18.4 Å². The Balaban J connectivity index is 2.16. The predicted octanol–water partition coefficient (Wildman–Crippen LogP) is 7.45. The quantitative estimate of drug-likeness (QED) is 0.283. The summed E-state index contributed by atoms with van der Waals surface area (Å²) in [6.45, 7) is 15.4. The molecular weight excluding hydrogens is 312 g/mol. The molecule has 0 aliphatic heterocycles. The van der Waals surface area contributed by atoms with Crippen molar-refractivity contribution in [3.63, 3.8) is 0 Å². The van der Waals surface area contributed by atoms with E-state index in [1.807, 2.05) is 6.07 Å². The first-order valence-electron chi connectivity index (χ1n) is 9.70. The summed E-state index contributed by atoms with van der Waals surface area (Å²) >= 11 is 0. The Morgan fingerprint density at radius 3 is 2.16 bits per heavy atom. The Morgan fingerprint density at radius 1 is 1.00 bits per heavy atom. The van der Waals surface area contributed by atoms with Crippen LogP contribution in [0.4, 0.5) is 0 Å². The molecule has 0 saturated carbocycles. The number of hydrogen-bond donors (Lipinski definition) is 0. The number of benzene rings is 1. The van der Waals surface area contributed by atoms with Crippen LogP contribution in [0.25, 0.3) is 11.2 Å². The van der Waals surface area contributed by atoms with Crippen LogP contribution < -0.4 is 0 Å². The molecule has 0 aliphatic carbocycles. The van der Waals surface area contributed by atoms with Crippen LogP contribution in [0.3, 0.4) is 0 Å². The minimum absolute atomic E-state index is 0.196. The highest BCUT2D eigenvalue weighted by molar-refractivity contribution is 6.07. The number of ketones is 1. The molecule has 3 heteroatoms. The molecule has 0 spiro atoms. The van der Waals surface area contributed by atoms with Crippen LogP contribution in [0.1, 0.15) is 114 Å². The van der Waals surface area contributed by atoms with Crippen molar-refractivity contribution in [2.45, 2.75) is 92.4 Å². The van der Waals surface area contributed by atoms with Crippen LogP contribution in [-0.4, -0.2) is 5.78 Å². The molecule has 1 aromatic heterocycles. The zero-order valence-electron chi connectivity index (χ0n) is 17.0. The number of hydrogen-bond acceptors (Lipinski definition) is 3. The fraction of sp³-hybridized carbons (Fsp3) is 0.682. The first-order chi connectivity index (χ1) is 11.6. The van der Waals surface area contributed by atoms with Crippen molar-refractivity contribution >= 4 is 16.9 Å². The highest BCUT2D eigenvalue weighted by Gasteiger charge is 2.27. The number of carbonyl (C=O) groups excluding carboxylic acids is 1. The molecular formula is C22H34O3. The maximum absolute atomic E-state index is 13.0. The lowest BCUT2D eigenvalue weighted by molar-refractivity contribution is 0.0571. The van der Waals surface area contributed by atoms with E-state index >= 15 is 0 Å². The third-order valence-electron chi connectivity index (χ3n) is 4.84. The summed E-state index contributed by atoms with van der Waals surface area (Å²) in [5.41, 5.74) is 4.83. The van der Waals surface area contributed by atoms with E-state index in [2.05, 4.69) is 48.5 Å². The van der Waals surface area contributed by atoms with Gasteiger partial charge >= 0.3 is 0 Å². The Labute approximate surface area is 152 Å². The molecule has 0 fully saturated rings. The van der Waals surface area contributed by atoms with E-state index in [0.717, 1.165) is 24.0 Å². The van der Waals surface area contributed by atoms with Crippen LogP contribution in [0.5, 0.6) is 0 Å². The summed E-state index contributed by atoms with van der Waals surface area (Å²) in [4.78, 5) is 13.0. The number of carbonyl (C=O) groups is 1. The lowest BCUT2D eigenvalue weighted by Crippen LogP contribution is -2.11. The van der Waals surface area contributed by atoms with Gasteiger partial charge in [0.25, 0.3) is 0 Å². The van der Waals surface area contributed by atoms with Crippen molar-refractivity contribution in [2.75, 3.05) is 0 Å². The number of rotatable bonds is 8. The molecule has 0 aliphatic rings. The van der Waals surface area contributed by atoms with Gasteiger partial charge in [-0.2, -0.15) is 0 Å². The van der Waals surface area contributed by atoms with Crippen LogP contribution in [0.2, 0.25) is 0 Å². The minimum Gasteiger partial charge on any atom is -0.294 e. The van der Waals surface area contributed by atoms with Gasteiger partial charge in [0.15, 0.2) is 5.78 Å². The molecule has 0 radical (unpaired) electrons. The van der Waals surface area contributed by atoms with Crippen molar-refractivity contribution in [3.05, 3.63) is 22.8 Å². The van der Waals surface area contributed by atoms with Gasteiger partial charge in [0, 0.05) is 6.42 Å². The Kier molecular flexibility index (Phi) is 6.18. The van der Waals surface area contributed by atoms with Gasteiger partial charge < -0.3 is 0 Å². The second-order valence-electron chi connectivity index (χ2n) is 9.10. The fourth-order valence-electron chi connectivity index (χ4n) is 3.49. The number of Topliss-reactive ketones (excluding diaryl/α,β-unsaturated/α-hetero) is 1. The molecule has 0 amide bonds. The van der Waals surface area contributed by atoms with Crippen LogP contribution >= 0.6 is 0 Å². The Hall–Kier alpha value is -1.51. The molecule has 0 saturated heterocycles. The van der Waals surface area contributed by atoms with Crippen LogP contribution in [-0.2, 0) is 0 Å². The van der Waals surface area contributed by atoms with Gasteiger partial charge in [-0.3, -0.25) is 13.9 Å². The first kappa shape index (κ1) is 19.8. The topological polar surface area (TPSA) is 43.4 Å². The van der Waals surface area contributed by atoms with Crippen molar-refractivity contribution < 1.29 is 13.9 Å². The SMILES string of the molecule is CC(C)c1cc2ooc2c(C(=O)CCCCCC(C)(C)C)c1C(C)C. The van der Waals surface area contributed by atoms with Gasteiger partial charge in [-0.15, -0.1) is 0 Å². The predicted molar refractivity (Wildman–Crippen MR) is 104 cm³/mol. The van der Waals surface area contributed by atoms with Crippen LogP contribution in [0, 0.1) is 5.41 Å². The van der Waals surface area contributed by atoms with Gasteiger partial charge in [-0.25, -0.2) is 0 Å². The number of unbranched alkanes of at least 4 members (excludes halogenated alkanes) is 2. The summed E-state index contributed by atoms with van der Waals surface area (Å²) in [6, 6.07) is 2.04. The summed E-state index contributed by atoms with van der Waals surface area (Å²) in [5, 5.41) is 0. The van der Waals surface area contributed by atoms with E-state index in [-0.39, 0.29) is 11.7 Å². The molecule has 1 heterocycles. The first-order valence-corrected chi connectivity index (χ1v) is 9.70. The largest absolute Gasteiger partial charge is 0.294 e. The van der Waals surface area contributed by atoms with Gasteiger partial charge in [-0.05, 0) is 47.3 Å².